The van der Waals surface area contributed by atoms with Gasteiger partial charge in [-0.2, -0.15) is 0 Å². The van der Waals surface area contributed by atoms with E-state index < -0.39 is 6.10 Å². The Morgan fingerprint density at radius 1 is 0.256 bits per heavy atom. The van der Waals surface area contributed by atoms with Crippen LogP contribution in [0.2, 0.25) is 0 Å². The molecule has 6 heteroatoms. The molecule has 0 aliphatic rings. The molecule has 0 aromatic heterocycles. The summed E-state index contributed by atoms with van der Waals surface area (Å²) in [6, 6.07) is 0. The summed E-state index contributed by atoms with van der Waals surface area (Å²) in [4.78, 5) is 38.4. The second kappa shape index (κ2) is 66.9. The van der Waals surface area contributed by atoms with Crippen LogP contribution in [0.25, 0.3) is 0 Å². The van der Waals surface area contributed by atoms with Gasteiger partial charge in [-0.1, -0.05) is 326 Å². The summed E-state index contributed by atoms with van der Waals surface area (Å²) in [6.07, 6.45) is 84.3. The Balaban J connectivity index is 4.24. The fourth-order valence-corrected chi connectivity index (χ4v) is 10.3. The van der Waals surface area contributed by atoms with Crippen molar-refractivity contribution in [3.63, 3.8) is 0 Å². The summed E-state index contributed by atoms with van der Waals surface area (Å²) in [5, 5.41) is 0. The summed E-state index contributed by atoms with van der Waals surface area (Å²) < 4.78 is 17.0. The lowest BCUT2D eigenvalue weighted by Gasteiger charge is -2.18. The first-order valence-corrected chi connectivity index (χ1v) is 34.6. The van der Waals surface area contributed by atoms with E-state index in [4.69, 9.17) is 14.2 Å². The summed E-state index contributed by atoms with van der Waals surface area (Å²) >= 11 is 0. The van der Waals surface area contributed by atoms with Gasteiger partial charge in [0, 0.05) is 19.3 Å². The maximum atomic E-state index is 12.9. The molecule has 0 heterocycles. The van der Waals surface area contributed by atoms with Gasteiger partial charge in [0.2, 0.25) is 0 Å². The van der Waals surface area contributed by atoms with Crippen LogP contribution in [0.15, 0.2) is 48.6 Å². The quantitative estimate of drug-likeness (QED) is 0.0261. The topological polar surface area (TPSA) is 78.9 Å². The molecule has 0 rings (SSSR count). The smallest absolute Gasteiger partial charge is 0.306 e. The first-order chi connectivity index (χ1) is 38.5. The lowest BCUT2D eigenvalue weighted by atomic mass is 10.0. The van der Waals surface area contributed by atoms with Gasteiger partial charge in [-0.25, -0.2) is 0 Å². The molecule has 0 saturated carbocycles. The van der Waals surface area contributed by atoms with Crippen molar-refractivity contribution in [1.29, 1.82) is 0 Å². The number of carbonyl (C=O) groups excluding carboxylic acids is 3. The molecule has 1 unspecified atom stereocenters. The summed E-state index contributed by atoms with van der Waals surface area (Å²) in [7, 11) is 0. The van der Waals surface area contributed by atoms with Crippen LogP contribution in [-0.2, 0) is 28.6 Å². The van der Waals surface area contributed by atoms with Crippen LogP contribution < -0.4 is 0 Å². The van der Waals surface area contributed by atoms with Gasteiger partial charge in [0.1, 0.15) is 13.2 Å². The van der Waals surface area contributed by atoms with Crippen molar-refractivity contribution in [3.05, 3.63) is 48.6 Å². The number of carbonyl (C=O) groups is 3. The van der Waals surface area contributed by atoms with E-state index in [1.165, 1.54) is 244 Å². The molecular weight excluding hydrogens is 961 g/mol. The summed E-state index contributed by atoms with van der Waals surface area (Å²) in [5.41, 5.74) is 0. The van der Waals surface area contributed by atoms with E-state index in [-0.39, 0.29) is 31.1 Å². The van der Waals surface area contributed by atoms with E-state index in [1.807, 2.05) is 0 Å². The highest BCUT2D eigenvalue weighted by Crippen LogP contribution is 2.18. The van der Waals surface area contributed by atoms with Crippen LogP contribution in [0.1, 0.15) is 374 Å². The molecule has 456 valence electrons. The van der Waals surface area contributed by atoms with Crippen molar-refractivity contribution in [2.24, 2.45) is 0 Å². The minimum atomic E-state index is -0.781. The molecule has 0 fully saturated rings. The minimum absolute atomic E-state index is 0.0757. The molecule has 0 radical (unpaired) electrons. The zero-order valence-corrected chi connectivity index (χ0v) is 52.5. The first kappa shape index (κ1) is 75.4. The number of hydrogen-bond acceptors (Lipinski definition) is 6. The standard InChI is InChI=1S/C72H132O6/c1-4-7-10-13-16-19-22-25-27-29-31-33-34-35-36-37-39-40-42-44-47-50-53-56-59-62-65-71(74)77-68-69(67-76-70(73)64-61-58-55-52-49-46-24-21-18-15-12-9-6-3)78-72(75)66-63-60-57-54-51-48-45-43-41-38-32-30-28-26-23-20-17-14-11-8-5-2/h12,15,21,23-24,26,30,32,69H,4-11,13-14,16-20,22,25,27-29,31,33-68H2,1-3H3/b15-12-,24-21-,26-23-,32-30-. The Hall–Kier alpha value is -2.63. The third kappa shape index (κ3) is 64.2. The predicted octanol–water partition coefficient (Wildman–Crippen LogP) is 23.7. The van der Waals surface area contributed by atoms with Gasteiger partial charge in [-0.05, 0) is 77.0 Å². The van der Waals surface area contributed by atoms with E-state index >= 15 is 0 Å². The van der Waals surface area contributed by atoms with Crippen LogP contribution in [0.4, 0.5) is 0 Å². The summed E-state index contributed by atoms with van der Waals surface area (Å²) in [5.74, 6) is -0.871. The Kier molecular flexibility index (Phi) is 64.6. The van der Waals surface area contributed by atoms with E-state index in [9.17, 15) is 14.4 Å². The van der Waals surface area contributed by atoms with Crippen molar-refractivity contribution in [3.8, 4) is 0 Å². The minimum Gasteiger partial charge on any atom is -0.462 e. The van der Waals surface area contributed by atoms with Crippen molar-refractivity contribution in [2.45, 2.75) is 380 Å². The largest absolute Gasteiger partial charge is 0.462 e. The molecule has 0 aromatic carbocycles. The van der Waals surface area contributed by atoms with Crippen molar-refractivity contribution >= 4 is 17.9 Å². The third-order valence-electron chi connectivity index (χ3n) is 15.5. The van der Waals surface area contributed by atoms with E-state index in [0.717, 1.165) is 89.9 Å². The van der Waals surface area contributed by atoms with Gasteiger partial charge in [0.15, 0.2) is 6.10 Å². The molecule has 0 spiro atoms. The number of unbranched alkanes of at least 4 members (excludes halogenated alkanes) is 45. The molecule has 78 heavy (non-hydrogen) atoms. The lowest BCUT2D eigenvalue weighted by molar-refractivity contribution is -0.167. The van der Waals surface area contributed by atoms with Gasteiger partial charge in [-0.3, -0.25) is 14.4 Å². The second-order valence-corrected chi connectivity index (χ2v) is 23.4. The molecule has 0 aliphatic heterocycles. The first-order valence-electron chi connectivity index (χ1n) is 34.6. The third-order valence-corrected chi connectivity index (χ3v) is 15.5. The van der Waals surface area contributed by atoms with Gasteiger partial charge in [-0.15, -0.1) is 0 Å². The zero-order valence-electron chi connectivity index (χ0n) is 52.5. The number of allylic oxidation sites excluding steroid dienone is 8. The van der Waals surface area contributed by atoms with Crippen LogP contribution >= 0.6 is 0 Å². The molecule has 0 aliphatic carbocycles. The number of esters is 3. The van der Waals surface area contributed by atoms with Crippen LogP contribution in [-0.4, -0.2) is 37.2 Å². The second-order valence-electron chi connectivity index (χ2n) is 23.4. The molecule has 6 nitrogen and oxygen atoms in total. The average molecular weight is 1090 g/mol. The molecule has 0 amide bonds. The van der Waals surface area contributed by atoms with E-state index in [0.29, 0.717) is 19.3 Å². The molecule has 0 saturated heterocycles. The van der Waals surface area contributed by atoms with Gasteiger partial charge >= 0.3 is 17.9 Å². The van der Waals surface area contributed by atoms with Gasteiger partial charge in [0.25, 0.3) is 0 Å². The van der Waals surface area contributed by atoms with Gasteiger partial charge < -0.3 is 14.2 Å². The molecule has 0 N–H and O–H groups in total. The number of rotatable bonds is 64. The average Bonchev–Trinajstić information content (AvgIpc) is 3.44. The Morgan fingerprint density at radius 3 is 0.756 bits per heavy atom. The Bertz CT molecular complexity index is 1350. The fourth-order valence-electron chi connectivity index (χ4n) is 10.3. The zero-order chi connectivity index (χ0) is 56.4. The van der Waals surface area contributed by atoms with Gasteiger partial charge in [0.05, 0.1) is 0 Å². The van der Waals surface area contributed by atoms with Crippen LogP contribution in [0.3, 0.4) is 0 Å². The highest BCUT2D eigenvalue weighted by Gasteiger charge is 2.19. The van der Waals surface area contributed by atoms with Crippen molar-refractivity contribution in [1.82, 2.24) is 0 Å². The van der Waals surface area contributed by atoms with E-state index in [1.54, 1.807) is 0 Å². The normalized spacial score (nSPS) is 12.3. The monoisotopic (exact) mass is 1090 g/mol. The molecule has 0 aromatic rings. The maximum Gasteiger partial charge on any atom is 0.306 e. The number of ether oxygens (including phenoxy) is 3. The Labute approximate surface area is 486 Å². The predicted molar refractivity (Wildman–Crippen MR) is 339 cm³/mol. The van der Waals surface area contributed by atoms with E-state index in [2.05, 4.69) is 69.4 Å². The molecule has 1 atom stereocenters. The SMILES string of the molecule is CCC/C=C\C/C=C\CCCCCCCC(=O)OCC(COC(=O)CCCCCCCCCCCCCCCCCCCCCCCCCCCC)OC(=O)CCCCCCCCCCC/C=C\C/C=C\CCCCCCC. The van der Waals surface area contributed by atoms with Crippen molar-refractivity contribution < 1.29 is 28.6 Å². The molecule has 0 bridgehead atoms. The maximum absolute atomic E-state index is 12.9. The highest BCUT2D eigenvalue weighted by atomic mass is 16.6. The number of hydrogen-bond donors (Lipinski definition) is 0. The summed E-state index contributed by atoms with van der Waals surface area (Å²) in [6.45, 7) is 6.61. The fraction of sp³-hybridized carbons (Fsp3) is 0.847. The lowest BCUT2D eigenvalue weighted by Crippen LogP contribution is -2.30. The molecular formula is C72H132O6. The van der Waals surface area contributed by atoms with Crippen LogP contribution in [0.5, 0.6) is 0 Å². The Morgan fingerprint density at radius 2 is 0.487 bits per heavy atom. The van der Waals surface area contributed by atoms with Crippen molar-refractivity contribution in [2.75, 3.05) is 13.2 Å². The highest BCUT2D eigenvalue weighted by molar-refractivity contribution is 5.71. The van der Waals surface area contributed by atoms with Crippen LogP contribution in [0, 0.1) is 0 Å².